The van der Waals surface area contributed by atoms with Gasteiger partial charge in [0.25, 0.3) is 0 Å². The molecule has 162 valence electrons. The number of ketones is 1. The van der Waals surface area contributed by atoms with E-state index < -0.39 is 0 Å². The minimum absolute atomic E-state index is 0.0239. The second-order valence-corrected chi connectivity index (χ2v) is 8.68. The Morgan fingerprint density at radius 3 is 2.53 bits per heavy atom. The normalized spacial score (nSPS) is 11.8. The molecule has 2 heterocycles. The molecule has 0 saturated heterocycles. The average molecular weight is 465 g/mol. The van der Waals surface area contributed by atoms with Gasteiger partial charge in [0.2, 0.25) is 0 Å². The van der Waals surface area contributed by atoms with Crippen LogP contribution in [0.25, 0.3) is 17.1 Å². The van der Waals surface area contributed by atoms with E-state index in [-0.39, 0.29) is 11.0 Å². The molecule has 4 aromatic rings. The number of benzene rings is 2. The number of Topliss-reactive ketones (excluding diaryl/α,β-unsaturated/α-hetero) is 1. The molecule has 0 radical (unpaired) electrons. The molecule has 4 rings (SSSR count). The van der Waals surface area contributed by atoms with Crippen LogP contribution in [0.4, 0.5) is 0 Å². The lowest BCUT2D eigenvalue weighted by Gasteiger charge is -2.14. The Morgan fingerprint density at radius 1 is 1.09 bits per heavy atom. The second-order valence-electron chi connectivity index (χ2n) is 6.94. The summed E-state index contributed by atoms with van der Waals surface area (Å²) in [6, 6.07) is 18.4. The number of hydrogen-bond acceptors (Lipinski definition) is 6. The van der Waals surface area contributed by atoms with Crippen molar-refractivity contribution in [1.82, 2.24) is 19.7 Å². The van der Waals surface area contributed by atoms with Crippen LogP contribution in [0.2, 0.25) is 5.02 Å². The van der Waals surface area contributed by atoms with Gasteiger partial charge in [0, 0.05) is 34.2 Å². The third-order valence-electron chi connectivity index (χ3n) is 4.74. The first kappa shape index (κ1) is 22.0. The molecule has 6 nitrogen and oxygen atoms in total. The third kappa shape index (κ3) is 4.84. The summed E-state index contributed by atoms with van der Waals surface area (Å²) >= 11 is 7.42. The van der Waals surface area contributed by atoms with E-state index in [1.165, 1.54) is 11.8 Å². The van der Waals surface area contributed by atoms with E-state index in [9.17, 15) is 4.79 Å². The van der Waals surface area contributed by atoms with Crippen LogP contribution in [0.15, 0.2) is 78.2 Å². The van der Waals surface area contributed by atoms with Crippen molar-refractivity contribution in [2.45, 2.75) is 24.3 Å². The molecule has 0 N–H and O–H groups in total. The Bertz CT molecular complexity index is 1210. The molecule has 1 unspecified atom stereocenters. The van der Waals surface area contributed by atoms with Gasteiger partial charge in [-0.15, -0.1) is 10.2 Å². The van der Waals surface area contributed by atoms with Crippen molar-refractivity contribution >= 4 is 29.1 Å². The van der Waals surface area contributed by atoms with Crippen molar-refractivity contribution < 1.29 is 9.53 Å². The number of rotatable bonds is 8. The lowest BCUT2D eigenvalue weighted by Crippen LogP contribution is -2.14. The molecule has 0 saturated carbocycles. The average Bonchev–Trinajstić information content (AvgIpc) is 3.23. The zero-order valence-electron chi connectivity index (χ0n) is 17.6. The van der Waals surface area contributed by atoms with Gasteiger partial charge in [0.15, 0.2) is 16.8 Å². The van der Waals surface area contributed by atoms with Crippen molar-refractivity contribution in [3.8, 4) is 22.8 Å². The highest BCUT2D eigenvalue weighted by atomic mass is 35.5. The number of aromatic nitrogens is 4. The quantitative estimate of drug-likeness (QED) is 0.244. The van der Waals surface area contributed by atoms with Crippen LogP contribution in [-0.2, 0) is 0 Å². The van der Waals surface area contributed by atoms with Crippen molar-refractivity contribution in [3.05, 3.63) is 83.6 Å². The zero-order chi connectivity index (χ0) is 22.5. The number of ether oxygens (including phenoxy) is 1. The van der Waals surface area contributed by atoms with Crippen molar-refractivity contribution in [2.24, 2.45) is 0 Å². The van der Waals surface area contributed by atoms with Crippen LogP contribution in [0.1, 0.15) is 24.2 Å². The van der Waals surface area contributed by atoms with E-state index in [0.29, 0.717) is 28.2 Å². The topological polar surface area (TPSA) is 69.9 Å². The first-order chi connectivity index (χ1) is 15.6. The number of carbonyl (C=O) groups excluding carboxylic acids is 1. The molecule has 0 spiro atoms. The molecule has 0 bridgehead atoms. The molecule has 0 aliphatic heterocycles. The summed E-state index contributed by atoms with van der Waals surface area (Å²) < 4.78 is 7.51. The summed E-state index contributed by atoms with van der Waals surface area (Å²) in [4.78, 5) is 17.1. The van der Waals surface area contributed by atoms with Gasteiger partial charge in [0.05, 0.1) is 11.9 Å². The number of thioether (sulfide) groups is 1. The predicted octanol–water partition coefficient (Wildman–Crippen LogP) is 5.74. The largest absolute Gasteiger partial charge is 0.494 e. The van der Waals surface area contributed by atoms with Gasteiger partial charge >= 0.3 is 0 Å². The maximum atomic E-state index is 13.0. The van der Waals surface area contributed by atoms with Gasteiger partial charge < -0.3 is 4.74 Å². The van der Waals surface area contributed by atoms with E-state index in [1.807, 2.05) is 54.8 Å². The molecule has 2 aromatic heterocycles. The maximum Gasteiger partial charge on any atom is 0.196 e. The molecule has 8 heteroatoms. The molecule has 1 atom stereocenters. The third-order valence-corrected chi connectivity index (χ3v) is 6.02. The molecular weight excluding hydrogens is 444 g/mol. The van der Waals surface area contributed by atoms with Gasteiger partial charge in [-0.25, -0.2) is 0 Å². The Labute approximate surface area is 195 Å². The van der Waals surface area contributed by atoms with E-state index in [4.69, 9.17) is 16.3 Å². The number of carbonyl (C=O) groups is 1. The number of pyridine rings is 1. The molecule has 0 amide bonds. The van der Waals surface area contributed by atoms with Crippen molar-refractivity contribution in [3.63, 3.8) is 0 Å². The van der Waals surface area contributed by atoms with Crippen LogP contribution < -0.4 is 4.74 Å². The molecular formula is C24H21ClN4O2S. The number of halogens is 1. The van der Waals surface area contributed by atoms with Crippen LogP contribution in [0.5, 0.6) is 5.75 Å². The standard InChI is InChI=1S/C24H21ClN4O2S/c1-3-31-21-9-7-20(8-10-21)29-23(17-11-13-26-14-12-17)27-28-24(29)32-16(2)22(30)18-5-4-6-19(25)15-18/h4-16H,3H2,1-2H3. The summed E-state index contributed by atoms with van der Waals surface area (Å²) in [6.45, 7) is 4.40. The van der Waals surface area contributed by atoms with Crippen LogP contribution in [-0.4, -0.2) is 37.4 Å². The SMILES string of the molecule is CCOc1ccc(-n2c(SC(C)C(=O)c3cccc(Cl)c3)nnc2-c2ccncc2)cc1. The fraction of sp³-hybridized carbons (Fsp3) is 0.167. The Balaban J connectivity index is 1.70. The van der Waals surface area contributed by atoms with Gasteiger partial charge in [-0.3, -0.25) is 14.3 Å². The predicted molar refractivity (Wildman–Crippen MR) is 127 cm³/mol. The van der Waals surface area contributed by atoms with E-state index in [0.717, 1.165) is 17.0 Å². The van der Waals surface area contributed by atoms with E-state index >= 15 is 0 Å². The summed E-state index contributed by atoms with van der Waals surface area (Å²) in [5, 5.41) is 9.59. The highest BCUT2D eigenvalue weighted by Crippen LogP contribution is 2.32. The van der Waals surface area contributed by atoms with Crippen LogP contribution in [0.3, 0.4) is 0 Å². The number of nitrogens with zero attached hydrogens (tertiary/aromatic N) is 4. The molecule has 2 aromatic carbocycles. The van der Waals surface area contributed by atoms with E-state index in [2.05, 4.69) is 15.2 Å². The summed E-state index contributed by atoms with van der Waals surface area (Å²) in [5.74, 6) is 1.43. The zero-order valence-corrected chi connectivity index (χ0v) is 19.2. The second kappa shape index (κ2) is 9.97. The monoisotopic (exact) mass is 464 g/mol. The molecule has 0 aliphatic carbocycles. The van der Waals surface area contributed by atoms with E-state index in [1.54, 1.807) is 36.7 Å². The minimum atomic E-state index is -0.385. The first-order valence-corrected chi connectivity index (χ1v) is 11.4. The molecule has 0 fully saturated rings. The van der Waals surface area contributed by atoms with Gasteiger partial charge in [-0.1, -0.05) is 35.5 Å². The molecule has 0 aliphatic rings. The van der Waals surface area contributed by atoms with Crippen molar-refractivity contribution in [1.29, 1.82) is 0 Å². The van der Waals surface area contributed by atoms with Gasteiger partial charge in [-0.05, 0) is 62.4 Å². The minimum Gasteiger partial charge on any atom is -0.494 e. The smallest absolute Gasteiger partial charge is 0.196 e. The first-order valence-electron chi connectivity index (χ1n) is 10.1. The Hall–Kier alpha value is -3.16. The summed E-state index contributed by atoms with van der Waals surface area (Å²) in [7, 11) is 0. The van der Waals surface area contributed by atoms with Crippen molar-refractivity contribution in [2.75, 3.05) is 6.61 Å². The maximum absolute atomic E-state index is 13.0. The number of hydrogen-bond donors (Lipinski definition) is 0. The Morgan fingerprint density at radius 2 is 1.84 bits per heavy atom. The fourth-order valence-corrected chi connectivity index (χ4v) is 4.35. The Kier molecular flexibility index (Phi) is 6.87. The highest BCUT2D eigenvalue weighted by Gasteiger charge is 2.23. The van der Waals surface area contributed by atoms with Crippen LogP contribution in [0, 0.1) is 0 Å². The van der Waals surface area contributed by atoms with Crippen LogP contribution >= 0.6 is 23.4 Å². The fourth-order valence-electron chi connectivity index (χ4n) is 3.21. The summed E-state index contributed by atoms with van der Waals surface area (Å²) in [6.07, 6.45) is 3.43. The van der Waals surface area contributed by atoms with Gasteiger partial charge in [0.1, 0.15) is 5.75 Å². The van der Waals surface area contributed by atoms with Gasteiger partial charge in [-0.2, -0.15) is 0 Å². The lowest BCUT2D eigenvalue weighted by atomic mass is 10.1. The summed E-state index contributed by atoms with van der Waals surface area (Å²) in [5.41, 5.74) is 2.32. The molecule has 32 heavy (non-hydrogen) atoms. The highest BCUT2D eigenvalue weighted by molar-refractivity contribution is 8.00. The lowest BCUT2D eigenvalue weighted by molar-refractivity contribution is 0.0994.